The number of benzene rings is 1. The van der Waals surface area contributed by atoms with Crippen LogP contribution in [0.1, 0.15) is 50.7 Å². The van der Waals surface area contributed by atoms with Gasteiger partial charge in [-0.2, -0.15) is 0 Å². The van der Waals surface area contributed by atoms with Crippen LogP contribution in [0.5, 0.6) is 0 Å². The Bertz CT molecular complexity index is 694. The van der Waals surface area contributed by atoms with Crippen molar-refractivity contribution in [3.63, 3.8) is 0 Å². The van der Waals surface area contributed by atoms with Crippen LogP contribution in [0.25, 0.3) is 6.08 Å². The molecule has 1 aliphatic carbocycles. The van der Waals surface area contributed by atoms with Crippen LogP contribution in [0.3, 0.4) is 0 Å². The summed E-state index contributed by atoms with van der Waals surface area (Å²) in [5.41, 5.74) is 4.45. The van der Waals surface area contributed by atoms with Crippen molar-refractivity contribution in [1.82, 2.24) is 0 Å². The van der Waals surface area contributed by atoms with E-state index in [0.29, 0.717) is 17.3 Å². The largest absolute Gasteiger partial charge is 0.300 e. The molecule has 132 valence electrons. The highest BCUT2D eigenvalue weighted by molar-refractivity contribution is 7.17. The summed E-state index contributed by atoms with van der Waals surface area (Å²) in [5.74, 6) is 0.405. The molecule has 1 nitrogen and oxygen atoms in total. The fourth-order valence-corrected chi connectivity index (χ4v) is 3.12. The molecule has 0 fully saturated rings. The second kappa shape index (κ2) is 10.3. The monoisotopic (exact) mass is 351 g/mol. The van der Waals surface area contributed by atoms with Crippen molar-refractivity contribution in [2.75, 3.05) is 0 Å². The Kier molecular flexibility index (Phi) is 8.09. The maximum absolute atomic E-state index is 8.84. The first-order valence-corrected chi connectivity index (χ1v) is 9.97. The maximum atomic E-state index is 8.84. The molecule has 1 aromatic carbocycles. The molecule has 0 amide bonds. The number of hydrogen-bond donors (Lipinski definition) is 1. The summed E-state index contributed by atoms with van der Waals surface area (Å²) in [6.45, 7) is 4.35. The predicted molar refractivity (Wildman–Crippen MR) is 115 cm³/mol. The third-order valence-corrected chi connectivity index (χ3v) is 5.30. The average molecular weight is 351 g/mol. The quantitative estimate of drug-likeness (QED) is 0.311. The highest BCUT2D eigenvalue weighted by Gasteiger charge is 2.20. The molecule has 1 N–H and O–H groups in total. The van der Waals surface area contributed by atoms with Gasteiger partial charge >= 0.3 is 0 Å². The average Bonchev–Trinajstić information content (AvgIpc) is 2.66. The van der Waals surface area contributed by atoms with Crippen molar-refractivity contribution < 1.29 is 0 Å². The summed E-state index contributed by atoms with van der Waals surface area (Å²) >= 11 is 0. The summed E-state index contributed by atoms with van der Waals surface area (Å²) in [7, 11) is 2.86. The molecule has 0 aromatic heterocycles. The maximum Gasteiger partial charge on any atom is 0.0653 e. The van der Waals surface area contributed by atoms with Crippen LogP contribution in [-0.2, 0) is 0 Å². The fourth-order valence-electron chi connectivity index (χ4n) is 3.00. The van der Waals surface area contributed by atoms with E-state index < -0.39 is 0 Å². The molecule has 0 saturated heterocycles. The van der Waals surface area contributed by atoms with E-state index in [2.05, 4.69) is 83.8 Å². The summed E-state index contributed by atoms with van der Waals surface area (Å²) in [4.78, 5) is 0. The molecule has 2 rings (SSSR count). The van der Waals surface area contributed by atoms with Gasteiger partial charge in [-0.05, 0) is 48.4 Å². The van der Waals surface area contributed by atoms with Gasteiger partial charge in [0.25, 0.3) is 0 Å². The third-order valence-electron chi connectivity index (χ3n) is 4.61. The Labute approximate surface area is 155 Å². The van der Waals surface area contributed by atoms with Gasteiger partial charge in [0.15, 0.2) is 0 Å². The highest BCUT2D eigenvalue weighted by Crippen LogP contribution is 2.29. The van der Waals surface area contributed by atoms with E-state index >= 15 is 0 Å². The molecule has 1 aliphatic rings. The minimum atomic E-state index is 0.405. The minimum Gasteiger partial charge on any atom is -0.300 e. The molecular formula is C23H30NP. The lowest BCUT2D eigenvalue weighted by molar-refractivity contribution is 0.647. The smallest absolute Gasteiger partial charge is 0.0653 e. The van der Waals surface area contributed by atoms with Crippen LogP contribution in [0, 0.1) is 11.3 Å². The lowest BCUT2D eigenvalue weighted by Crippen LogP contribution is -2.15. The van der Waals surface area contributed by atoms with Crippen molar-refractivity contribution in [3.8, 4) is 0 Å². The summed E-state index contributed by atoms with van der Waals surface area (Å²) in [6.07, 6.45) is 19.5. The molecule has 0 saturated carbocycles. The third kappa shape index (κ3) is 5.65. The van der Waals surface area contributed by atoms with Gasteiger partial charge in [-0.3, -0.25) is 5.41 Å². The van der Waals surface area contributed by atoms with Crippen LogP contribution in [0.15, 0.2) is 66.3 Å². The molecule has 2 heteroatoms. The van der Waals surface area contributed by atoms with Gasteiger partial charge in [0.05, 0.1) is 5.71 Å². The summed E-state index contributed by atoms with van der Waals surface area (Å²) < 4.78 is 0. The highest BCUT2D eigenvalue weighted by atomic mass is 31.0. The number of hydrogen-bond acceptors (Lipinski definition) is 1. The van der Waals surface area contributed by atoms with E-state index in [1.807, 2.05) is 6.07 Å². The first-order chi connectivity index (χ1) is 12.2. The Balaban J connectivity index is 2.26. The summed E-state index contributed by atoms with van der Waals surface area (Å²) in [6, 6.07) is 8.27. The normalized spacial score (nSPS) is 18.7. The molecule has 0 radical (unpaired) electrons. The Morgan fingerprint density at radius 1 is 1.28 bits per heavy atom. The van der Waals surface area contributed by atoms with Crippen LogP contribution >= 0.6 is 9.24 Å². The lowest BCUT2D eigenvalue weighted by Gasteiger charge is -2.22. The van der Waals surface area contributed by atoms with Gasteiger partial charge in [0.1, 0.15) is 0 Å². The SMILES string of the molecule is CCC=CCC1CC=CC=C1C(=N)c1ccccc1/C=C\C(P)CC. The zero-order chi connectivity index (χ0) is 18.1. The van der Waals surface area contributed by atoms with Gasteiger partial charge in [-0.25, -0.2) is 0 Å². The Morgan fingerprint density at radius 3 is 2.84 bits per heavy atom. The first-order valence-electron chi connectivity index (χ1n) is 9.31. The van der Waals surface area contributed by atoms with Crippen molar-refractivity contribution >= 4 is 21.0 Å². The van der Waals surface area contributed by atoms with Gasteiger partial charge in [0.2, 0.25) is 0 Å². The van der Waals surface area contributed by atoms with E-state index in [1.165, 1.54) is 0 Å². The topological polar surface area (TPSA) is 23.9 Å². The molecule has 3 atom stereocenters. The molecule has 25 heavy (non-hydrogen) atoms. The van der Waals surface area contributed by atoms with E-state index in [-0.39, 0.29) is 0 Å². The zero-order valence-electron chi connectivity index (χ0n) is 15.4. The Hall–Kier alpha value is -1.72. The van der Waals surface area contributed by atoms with E-state index in [1.54, 1.807) is 0 Å². The van der Waals surface area contributed by atoms with E-state index in [4.69, 9.17) is 5.41 Å². The molecule has 0 spiro atoms. The van der Waals surface area contributed by atoms with E-state index in [9.17, 15) is 0 Å². The van der Waals surface area contributed by atoms with Crippen molar-refractivity contribution in [2.45, 2.75) is 45.2 Å². The zero-order valence-corrected chi connectivity index (χ0v) is 16.6. The van der Waals surface area contributed by atoms with Crippen molar-refractivity contribution in [2.24, 2.45) is 5.92 Å². The standard InChI is InChI=1S/C23H30NP/c1-3-5-6-11-18-12-7-9-14-21(18)23(24)22-15-10-8-13-19(22)16-17-20(25)4-2/h5-10,13-18,20,24H,3-4,11-12,25H2,1-2H3/b6-5?,17-16-,24-23?. The van der Waals surface area contributed by atoms with Gasteiger partial charge in [-0.1, -0.05) is 80.6 Å². The van der Waals surface area contributed by atoms with Crippen molar-refractivity contribution in [1.29, 1.82) is 5.41 Å². The minimum absolute atomic E-state index is 0.405. The van der Waals surface area contributed by atoms with Gasteiger partial charge < -0.3 is 0 Å². The van der Waals surface area contributed by atoms with Crippen molar-refractivity contribution in [3.05, 3.63) is 77.4 Å². The first kappa shape index (κ1) is 19.6. The predicted octanol–water partition coefficient (Wildman–Crippen LogP) is 6.58. The lowest BCUT2D eigenvalue weighted by atomic mass is 9.82. The van der Waals surface area contributed by atoms with Crippen LogP contribution in [0.4, 0.5) is 0 Å². The molecule has 3 unspecified atom stereocenters. The number of rotatable bonds is 8. The fraction of sp³-hybridized carbons (Fsp3) is 0.348. The Morgan fingerprint density at radius 2 is 2.08 bits per heavy atom. The van der Waals surface area contributed by atoms with Gasteiger partial charge in [-0.15, -0.1) is 9.24 Å². The molecule has 0 heterocycles. The van der Waals surface area contributed by atoms with Gasteiger partial charge in [0, 0.05) is 5.56 Å². The molecular weight excluding hydrogens is 321 g/mol. The van der Waals surface area contributed by atoms with Crippen LogP contribution in [-0.4, -0.2) is 11.4 Å². The molecule has 0 aliphatic heterocycles. The van der Waals surface area contributed by atoms with Crippen LogP contribution in [0.2, 0.25) is 0 Å². The molecule has 1 aromatic rings. The number of nitrogens with one attached hydrogen (secondary N) is 1. The van der Waals surface area contributed by atoms with E-state index in [0.717, 1.165) is 42.4 Å². The number of allylic oxidation sites excluding steroid dienone is 7. The van der Waals surface area contributed by atoms with Crippen LogP contribution < -0.4 is 0 Å². The summed E-state index contributed by atoms with van der Waals surface area (Å²) in [5, 5.41) is 8.84. The molecule has 0 bridgehead atoms. The second-order valence-electron chi connectivity index (χ2n) is 6.49. The second-order valence-corrected chi connectivity index (χ2v) is 7.35.